The fourth-order valence-electron chi connectivity index (χ4n) is 2.98. The lowest BCUT2D eigenvalue weighted by atomic mass is 9.98. The van der Waals surface area contributed by atoms with Crippen molar-refractivity contribution in [3.63, 3.8) is 0 Å². The summed E-state index contributed by atoms with van der Waals surface area (Å²) in [6, 6.07) is 2.21. The molecular formula is C22H49N3. The van der Waals surface area contributed by atoms with Crippen LogP contribution < -0.4 is 0 Å². The normalized spacial score (nSPS) is 20.5. The molecule has 0 aromatic rings. The molecule has 0 aromatic carbocycles. The van der Waals surface area contributed by atoms with Crippen LogP contribution in [0.25, 0.3) is 0 Å². The third kappa shape index (κ3) is 12.8. The van der Waals surface area contributed by atoms with Crippen molar-refractivity contribution in [3.8, 4) is 0 Å². The lowest BCUT2D eigenvalue weighted by molar-refractivity contribution is 0.156. The highest BCUT2D eigenvalue weighted by molar-refractivity contribution is 4.71. The molecule has 0 radical (unpaired) electrons. The van der Waals surface area contributed by atoms with Gasteiger partial charge in [0.2, 0.25) is 0 Å². The summed E-state index contributed by atoms with van der Waals surface area (Å²) in [7, 11) is 4.15. The molecule has 0 atom stereocenters. The van der Waals surface area contributed by atoms with E-state index in [2.05, 4.69) is 77.3 Å². The Labute approximate surface area is 160 Å². The molecule has 152 valence electrons. The number of rotatable bonds is 3. The van der Waals surface area contributed by atoms with Gasteiger partial charge >= 0.3 is 0 Å². The minimum Gasteiger partial charge on any atom is -0.307 e. The Balaban J connectivity index is 0.000000358. The number of piperidine rings is 2. The van der Waals surface area contributed by atoms with Gasteiger partial charge in [-0.3, -0.25) is 0 Å². The topological polar surface area (TPSA) is 9.72 Å². The molecule has 0 aliphatic carbocycles. The smallest absolute Gasteiger partial charge is 0.00385 e. The zero-order valence-corrected chi connectivity index (χ0v) is 19.0. The highest BCUT2D eigenvalue weighted by Crippen LogP contribution is 2.17. The highest BCUT2D eigenvalue weighted by atomic mass is 15.2. The van der Waals surface area contributed by atoms with E-state index in [4.69, 9.17) is 0 Å². The molecule has 2 saturated heterocycles. The molecule has 0 aromatic heterocycles. The molecule has 25 heavy (non-hydrogen) atoms. The van der Waals surface area contributed by atoms with E-state index in [0.29, 0.717) is 6.04 Å². The number of likely N-dealkylation sites (tertiary alicyclic amines) is 2. The van der Waals surface area contributed by atoms with Gasteiger partial charge in [0.25, 0.3) is 0 Å². The third-order valence-electron chi connectivity index (χ3n) is 5.70. The van der Waals surface area contributed by atoms with Gasteiger partial charge < -0.3 is 14.7 Å². The first-order chi connectivity index (χ1) is 11.6. The van der Waals surface area contributed by atoms with E-state index in [-0.39, 0.29) is 0 Å². The Hall–Kier alpha value is -0.120. The number of hydrogen-bond donors (Lipinski definition) is 0. The Morgan fingerprint density at radius 3 is 1.32 bits per heavy atom. The van der Waals surface area contributed by atoms with Crippen LogP contribution in [-0.4, -0.2) is 73.1 Å². The van der Waals surface area contributed by atoms with Crippen LogP contribution in [-0.2, 0) is 0 Å². The van der Waals surface area contributed by atoms with E-state index in [1.165, 1.54) is 58.3 Å². The molecule has 2 heterocycles. The predicted molar refractivity (Wildman–Crippen MR) is 114 cm³/mol. The fraction of sp³-hybridized carbons (Fsp3) is 1.00. The molecule has 0 bridgehead atoms. The standard InChI is InChI=1S/C9H19N.C8H17N.C5H13N/c1-8(2)10-6-4-9(3)5-7-10;1-8(2)9-6-4-3-5-7-9;1-5(2)6(3)4/h8-9H,4-7H2,1-3H3;8H,3-7H2,1-2H3;5H,1-4H3. The maximum Gasteiger partial charge on any atom is 0.00385 e. The van der Waals surface area contributed by atoms with Crippen molar-refractivity contribution in [1.82, 2.24) is 14.7 Å². The van der Waals surface area contributed by atoms with Crippen molar-refractivity contribution in [2.75, 3.05) is 40.3 Å². The van der Waals surface area contributed by atoms with Crippen LogP contribution in [0, 0.1) is 5.92 Å². The maximum absolute atomic E-state index is 2.57. The minimum absolute atomic E-state index is 0.685. The van der Waals surface area contributed by atoms with E-state index >= 15 is 0 Å². The molecule has 0 N–H and O–H groups in total. The third-order valence-corrected chi connectivity index (χ3v) is 5.70. The average molecular weight is 356 g/mol. The number of hydrogen-bond acceptors (Lipinski definition) is 3. The van der Waals surface area contributed by atoms with E-state index in [9.17, 15) is 0 Å². The molecule has 3 nitrogen and oxygen atoms in total. The van der Waals surface area contributed by atoms with Crippen molar-refractivity contribution >= 4 is 0 Å². The minimum atomic E-state index is 0.685. The van der Waals surface area contributed by atoms with Crippen LogP contribution in [0.5, 0.6) is 0 Å². The first-order valence-electron chi connectivity index (χ1n) is 10.8. The van der Waals surface area contributed by atoms with Gasteiger partial charge in [-0.25, -0.2) is 0 Å². The van der Waals surface area contributed by atoms with Crippen LogP contribution in [0.1, 0.15) is 80.6 Å². The second kappa shape index (κ2) is 14.0. The Morgan fingerprint density at radius 2 is 1.04 bits per heavy atom. The number of nitrogens with zero attached hydrogens (tertiary/aromatic N) is 3. The lowest BCUT2D eigenvalue weighted by Gasteiger charge is -2.33. The molecule has 2 rings (SSSR count). The van der Waals surface area contributed by atoms with Gasteiger partial charge in [0, 0.05) is 18.1 Å². The zero-order valence-electron chi connectivity index (χ0n) is 19.0. The van der Waals surface area contributed by atoms with Crippen molar-refractivity contribution in [2.24, 2.45) is 5.92 Å². The van der Waals surface area contributed by atoms with Crippen molar-refractivity contribution in [1.29, 1.82) is 0 Å². The average Bonchev–Trinajstić information content (AvgIpc) is 2.57. The van der Waals surface area contributed by atoms with Gasteiger partial charge in [-0.2, -0.15) is 0 Å². The summed E-state index contributed by atoms with van der Waals surface area (Å²) in [5, 5.41) is 0. The van der Waals surface area contributed by atoms with E-state index in [0.717, 1.165) is 18.0 Å². The molecule has 2 fully saturated rings. The molecule has 0 saturated carbocycles. The van der Waals surface area contributed by atoms with Crippen molar-refractivity contribution < 1.29 is 0 Å². The summed E-state index contributed by atoms with van der Waals surface area (Å²) in [5.74, 6) is 0.968. The van der Waals surface area contributed by atoms with Gasteiger partial charge in [-0.1, -0.05) is 13.3 Å². The zero-order chi connectivity index (χ0) is 19.4. The first-order valence-corrected chi connectivity index (χ1v) is 10.8. The van der Waals surface area contributed by atoms with Gasteiger partial charge in [-0.05, 0) is 113 Å². The molecule has 0 unspecified atom stereocenters. The second-order valence-electron chi connectivity index (χ2n) is 9.06. The Bertz CT molecular complexity index is 280. The van der Waals surface area contributed by atoms with Crippen LogP contribution in [0.15, 0.2) is 0 Å². The van der Waals surface area contributed by atoms with Crippen molar-refractivity contribution in [2.45, 2.75) is 98.7 Å². The summed E-state index contributed by atoms with van der Waals surface area (Å²) in [4.78, 5) is 7.30. The summed E-state index contributed by atoms with van der Waals surface area (Å²) in [6.07, 6.45) is 7.08. The monoisotopic (exact) mass is 355 g/mol. The van der Waals surface area contributed by atoms with Gasteiger partial charge in [0.1, 0.15) is 0 Å². The van der Waals surface area contributed by atoms with Crippen LogP contribution in [0.2, 0.25) is 0 Å². The predicted octanol–water partition coefficient (Wildman–Crippen LogP) is 4.96. The molecule has 2 aliphatic heterocycles. The van der Waals surface area contributed by atoms with E-state index in [1.807, 2.05) is 0 Å². The summed E-state index contributed by atoms with van der Waals surface area (Å²) in [6.45, 7) is 21.1. The maximum atomic E-state index is 2.57. The van der Waals surface area contributed by atoms with Gasteiger partial charge in [0.15, 0.2) is 0 Å². The molecule has 0 spiro atoms. The highest BCUT2D eigenvalue weighted by Gasteiger charge is 2.16. The fourth-order valence-corrected chi connectivity index (χ4v) is 2.98. The molecular weight excluding hydrogens is 306 g/mol. The quantitative estimate of drug-likeness (QED) is 0.708. The summed E-state index contributed by atoms with van der Waals surface area (Å²) in [5.41, 5.74) is 0. The van der Waals surface area contributed by atoms with E-state index in [1.54, 1.807) is 0 Å². The van der Waals surface area contributed by atoms with Crippen LogP contribution >= 0.6 is 0 Å². The molecule has 2 aliphatic rings. The largest absolute Gasteiger partial charge is 0.307 e. The summed E-state index contributed by atoms with van der Waals surface area (Å²) < 4.78 is 0. The lowest BCUT2D eigenvalue weighted by Crippen LogP contribution is -2.37. The Kier molecular flexibility index (Phi) is 13.9. The second-order valence-corrected chi connectivity index (χ2v) is 9.06. The van der Waals surface area contributed by atoms with Crippen molar-refractivity contribution in [3.05, 3.63) is 0 Å². The first kappa shape index (κ1) is 24.9. The molecule has 0 amide bonds. The van der Waals surface area contributed by atoms with Gasteiger partial charge in [-0.15, -0.1) is 0 Å². The Morgan fingerprint density at radius 1 is 0.680 bits per heavy atom. The SMILES string of the molecule is CC(C)N(C)C.CC(C)N1CCCCC1.CC1CCN(C(C)C)CC1. The van der Waals surface area contributed by atoms with Crippen LogP contribution in [0.3, 0.4) is 0 Å². The van der Waals surface area contributed by atoms with E-state index < -0.39 is 0 Å². The van der Waals surface area contributed by atoms with Crippen LogP contribution in [0.4, 0.5) is 0 Å². The summed E-state index contributed by atoms with van der Waals surface area (Å²) >= 11 is 0. The molecule has 3 heteroatoms. The van der Waals surface area contributed by atoms with Gasteiger partial charge in [0.05, 0.1) is 0 Å².